The zero-order valence-electron chi connectivity index (χ0n) is 16.9. The number of nitrogens with one attached hydrogen (secondary N) is 1. The van der Waals surface area contributed by atoms with E-state index in [1.165, 1.54) is 0 Å². The molecule has 1 aliphatic carbocycles. The molecule has 0 aromatic heterocycles. The molecule has 1 atom stereocenters. The summed E-state index contributed by atoms with van der Waals surface area (Å²) in [5.41, 5.74) is 4.54. The van der Waals surface area contributed by atoms with E-state index in [9.17, 15) is 9.59 Å². The molecule has 1 heterocycles. The monoisotopic (exact) mass is 385 g/mol. The number of ketones is 1. The molecule has 0 bridgehead atoms. The minimum absolute atomic E-state index is 0.0807. The van der Waals surface area contributed by atoms with Gasteiger partial charge in [-0.05, 0) is 44.4 Å². The number of carbonyl (C=O) groups is 2. The Kier molecular flexibility index (Phi) is 6.19. The third-order valence-electron chi connectivity index (χ3n) is 5.21. The maximum atomic E-state index is 12.9. The van der Waals surface area contributed by atoms with Gasteiger partial charge in [-0.25, -0.2) is 4.79 Å². The third kappa shape index (κ3) is 3.69. The molecule has 0 radical (unpaired) electrons. The van der Waals surface area contributed by atoms with Crippen LogP contribution >= 0.6 is 0 Å². The summed E-state index contributed by atoms with van der Waals surface area (Å²) in [6.45, 7) is 4.29. The Balaban J connectivity index is 2.17. The molecule has 0 saturated carbocycles. The van der Waals surface area contributed by atoms with E-state index >= 15 is 0 Å². The topological polar surface area (TPSA) is 73.9 Å². The molecule has 0 amide bonds. The number of carbonyl (C=O) groups excluding carboxylic acids is 2. The molecule has 2 aliphatic rings. The number of ether oxygens (including phenoxy) is 3. The van der Waals surface area contributed by atoms with Crippen molar-refractivity contribution in [3.05, 3.63) is 51.9 Å². The van der Waals surface area contributed by atoms with E-state index in [0.717, 1.165) is 35.4 Å². The standard InChI is InChI=1S/C22H27NO5/c1-5-28-22(25)19-13(2)23-16-7-6-8-17(24)21(16)20(19)14-9-10-18(27-4)15(11-14)12-26-3/h9-11,20,23H,5-8,12H2,1-4H3/t20-/m1/s1. The molecule has 1 aromatic carbocycles. The van der Waals surface area contributed by atoms with Gasteiger partial charge in [-0.3, -0.25) is 4.79 Å². The minimum Gasteiger partial charge on any atom is -0.496 e. The van der Waals surface area contributed by atoms with Crippen molar-refractivity contribution in [3.63, 3.8) is 0 Å². The van der Waals surface area contributed by atoms with Gasteiger partial charge in [0.25, 0.3) is 0 Å². The van der Waals surface area contributed by atoms with Crippen molar-refractivity contribution in [2.75, 3.05) is 20.8 Å². The normalized spacial score (nSPS) is 19.3. The van der Waals surface area contributed by atoms with Crippen molar-refractivity contribution in [2.24, 2.45) is 0 Å². The van der Waals surface area contributed by atoms with E-state index < -0.39 is 11.9 Å². The van der Waals surface area contributed by atoms with Gasteiger partial charge in [0.05, 0.1) is 25.9 Å². The largest absolute Gasteiger partial charge is 0.496 e. The number of methoxy groups -OCH3 is 2. The van der Waals surface area contributed by atoms with Crippen LogP contribution in [-0.2, 0) is 25.7 Å². The van der Waals surface area contributed by atoms with Crippen LogP contribution in [0.3, 0.4) is 0 Å². The zero-order chi connectivity index (χ0) is 20.3. The van der Waals surface area contributed by atoms with Gasteiger partial charge < -0.3 is 19.5 Å². The summed E-state index contributed by atoms with van der Waals surface area (Å²) in [6.07, 6.45) is 2.11. The van der Waals surface area contributed by atoms with Gasteiger partial charge >= 0.3 is 5.97 Å². The number of Topliss-reactive ketones (excluding diaryl/α,β-unsaturated/α-hetero) is 1. The molecular formula is C22H27NO5. The van der Waals surface area contributed by atoms with E-state index in [1.807, 2.05) is 25.1 Å². The molecule has 1 aromatic rings. The second kappa shape index (κ2) is 8.61. The van der Waals surface area contributed by atoms with Gasteiger partial charge in [-0.1, -0.05) is 6.07 Å². The van der Waals surface area contributed by atoms with Crippen molar-refractivity contribution in [2.45, 2.75) is 45.6 Å². The van der Waals surface area contributed by atoms with Crippen molar-refractivity contribution < 1.29 is 23.8 Å². The molecule has 0 fully saturated rings. The second-order valence-corrected chi connectivity index (χ2v) is 6.99. The van der Waals surface area contributed by atoms with Gasteiger partial charge in [-0.15, -0.1) is 0 Å². The molecule has 0 spiro atoms. The van der Waals surface area contributed by atoms with Crippen molar-refractivity contribution in [1.29, 1.82) is 0 Å². The first-order valence-corrected chi connectivity index (χ1v) is 9.58. The van der Waals surface area contributed by atoms with Gasteiger partial charge in [0.15, 0.2) is 5.78 Å². The molecule has 6 heteroatoms. The predicted octanol–water partition coefficient (Wildman–Crippen LogP) is 3.37. The number of hydrogen-bond acceptors (Lipinski definition) is 6. The molecule has 6 nitrogen and oxygen atoms in total. The lowest BCUT2D eigenvalue weighted by Gasteiger charge is -2.34. The van der Waals surface area contributed by atoms with Crippen LogP contribution in [0.5, 0.6) is 5.75 Å². The summed E-state index contributed by atoms with van der Waals surface area (Å²) in [6, 6.07) is 5.72. The Bertz CT molecular complexity index is 852. The van der Waals surface area contributed by atoms with Gasteiger partial charge in [0, 0.05) is 42.0 Å². The van der Waals surface area contributed by atoms with Gasteiger partial charge in [-0.2, -0.15) is 0 Å². The highest BCUT2D eigenvalue weighted by atomic mass is 16.5. The van der Waals surface area contributed by atoms with Gasteiger partial charge in [0.2, 0.25) is 0 Å². The second-order valence-electron chi connectivity index (χ2n) is 6.99. The molecular weight excluding hydrogens is 358 g/mol. The van der Waals surface area contributed by atoms with E-state index in [4.69, 9.17) is 14.2 Å². The number of rotatable bonds is 6. The van der Waals surface area contributed by atoms with Crippen LogP contribution in [0.15, 0.2) is 40.7 Å². The smallest absolute Gasteiger partial charge is 0.336 e. The number of dihydropyridines is 1. The number of hydrogen-bond donors (Lipinski definition) is 1. The first kappa shape index (κ1) is 20.1. The summed E-state index contributed by atoms with van der Waals surface area (Å²) < 4.78 is 16.0. The molecule has 0 saturated heterocycles. The van der Waals surface area contributed by atoms with Crippen molar-refractivity contribution in [1.82, 2.24) is 5.32 Å². The maximum Gasteiger partial charge on any atom is 0.336 e. The Morgan fingerprint density at radius 3 is 2.71 bits per heavy atom. The van der Waals surface area contributed by atoms with Crippen LogP contribution in [0.25, 0.3) is 0 Å². The summed E-state index contributed by atoms with van der Waals surface area (Å²) >= 11 is 0. The molecule has 3 rings (SSSR count). The van der Waals surface area contributed by atoms with Crippen LogP contribution in [0.4, 0.5) is 0 Å². The quantitative estimate of drug-likeness (QED) is 0.757. The van der Waals surface area contributed by atoms with Gasteiger partial charge in [0.1, 0.15) is 5.75 Å². The average molecular weight is 385 g/mol. The predicted molar refractivity (Wildman–Crippen MR) is 105 cm³/mol. The lowest BCUT2D eigenvalue weighted by molar-refractivity contribution is -0.138. The molecule has 150 valence electrons. The number of benzene rings is 1. The Labute approximate surface area is 165 Å². The first-order chi connectivity index (χ1) is 13.5. The first-order valence-electron chi connectivity index (χ1n) is 9.58. The number of esters is 1. The van der Waals surface area contributed by atoms with Crippen LogP contribution in [0.1, 0.15) is 50.2 Å². The van der Waals surface area contributed by atoms with Crippen LogP contribution < -0.4 is 10.1 Å². The van der Waals surface area contributed by atoms with Crippen LogP contribution in [0, 0.1) is 0 Å². The lowest BCUT2D eigenvalue weighted by Crippen LogP contribution is -2.34. The van der Waals surface area contributed by atoms with Crippen molar-refractivity contribution in [3.8, 4) is 5.75 Å². The SMILES string of the molecule is CCOC(=O)C1=C(C)NC2=C(C(=O)CCC2)[C@@H]1c1ccc(OC)c(COC)c1. The summed E-state index contributed by atoms with van der Waals surface area (Å²) in [4.78, 5) is 25.7. The Morgan fingerprint density at radius 1 is 1.25 bits per heavy atom. The molecule has 28 heavy (non-hydrogen) atoms. The van der Waals surface area contributed by atoms with Crippen LogP contribution in [0.2, 0.25) is 0 Å². The molecule has 1 aliphatic heterocycles. The highest BCUT2D eigenvalue weighted by Gasteiger charge is 2.39. The summed E-state index contributed by atoms with van der Waals surface area (Å²) in [5.74, 6) is -0.0598. The maximum absolute atomic E-state index is 12.9. The highest BCUT2D eigenvalue weighted by Crippen LogP contribution is 2.43. The third-order valence-corrected chi connectivity index (χ3v) is 5.21. The van der Waals surface area contributed by atoms with E-state index in [-0.39, 0.29) is 12.4 Å². The number of allylic oxidation sites excluding steroid dienone is 3. The summed E-state index contributed by atoms with van der Waals surface area (Å²) in [5, 5.41) is 3.29. The fourth-order valence-corrected chi connectivity index (χ4v) is 4.04. The van der Waals surface area contributed by atoms with Crippen LogP contribution in [-0.4, -0.2) is 32.6 Å². The van der Waals surface area contributed by atoms with E-state index in [1.54, 1.807) is 21.1 Å². The fourth-order valence-electron chi connectivity index (χ4n) is 4.04. The zero-order valence-corrected chi connectivity index (χ0v) is 16.9. The lowest BCUT2D eigenvalue weighted by atomic mass is 9.75. The van der Waals surface area contributed by atoms with Crippen molar-refractivity contribution >= 4 is 11.8 Å². The Morgan fingerprint density at radius 2 is 2.04 bits per heavy atom. The molecule has 0 unspecified atom stereocenters. The Hall–Kier alpha value is -2.60. The van der Waals surface area contributed by atoms with E-state index in [2.05, 4.69) is 5.32 Å². The van der Waals surface area contributed by atoms with E-state index in [0.29, 0.717) is 29.9 Å². The highest BCUT2D eigenvalue weighted by molar-refractivity contribution is 6.03. The minimum atomic E-state index is -0.454. The molecule has 1 N–H and O–H groups in total. The fraction of sp³-hybridized carbons (Fsp3) is 0.455. The summed E-state index contributed by atoms with van der Waals surface area (Å²) in [7, 11) is 3.23. The average Bonchev–Trinajstić information content (AvgIpc) is 2.67.